The van der Waals surface area contributed by atoms with E-state index < -0.39 is 7.12 Å². The number of rotatable bonds is 7. The lowest BCUT2D eigenvalue weighted by molar-refractivity contribution is 0.175. The summed E-state index contributed by atoms with van der Waals surface area (Å²) in [6.07, 6.45) is 3.79. The molecule has 27 heavy (non-hydrogen) atoms. The predicted molar refractivity (Wildman–Crippen MR) is 110 cm³/mol. The zero-order valence-electron chi connectivity index (χ0n) is 15.8. The summed E-state index contributed by atoms with van der Waals surface area (Å²) < 4.78 is 0. The first-order valence-electron chi connectivity index (χ1n) is 10.1. The van der Waals surface area contributed by atoms with Gasteiger partial charge in [0.1, 0.15) is 0 Å². The molecule has 2 aliphatic rings. The minimum absolute atomic E-state index is 0.553. The number of hydrogen-bond acceptors (Lipinski definition) is 4. The highest BCUT2D eigenvalue weighted by molar-refractivity contribution is 6.58. The molecule has 0 aromatic heterocycles. The second kappa shape index (κ2) is 8.57. The maximum Gasteiger partial charge on any atom is 0.488 e. The Balaban J connectivity index is 1.16. The van der Waals surface area contributed by atoms with E-state index in [1.165, 1.54) is 30.4 Å². The Morgan fingerprint density at radius 2 is 1.67 bits per heavy atom. The number of likely N-dealkylation sites (tertiary alicyclic amines) is 1. The van der Waals surface area contributed by atoms with Gasteiger partial charge in [-0.15, -0.1) is 0 Å². The van der Waals surface area contributed by atoms with Gasteiger partial charge in [0, 0.05) is 18.5 Å². The van der Waals surface area contributed by atoms with Crippen LogP contribution < -0.4 is 10.8 Å². The van der Waals surface area contributed by atoms with Crippen LogP contribution >= 0.6 is 0 Å². The molecule has 2 aromatic carbocycles. The lowest BCUT2D eigenvalue weighted by Crippen LogP contribution is -2.37. The van der Waals surface area contributed by atoms with Gasteiger partial charge in [0.2, 0.25) is 0 Å². The average Bonchev–Trinajstić information content (AvgIpc) is 3.48. The number of benzene rings is 2. The quantitative estimate of drug-likeness (QED) is 0.655. The summed E-state index contributed by atoms with van der Waals surface area (Å²) in [5.74, 6) is 1.50. The molecule has 1 aliphatic heterocycles. The van der Waals surface area contributed by atoms with Crippen LogP contribution in [0.15, 0.2) is 54.6 Å². The van der Waals surface area contributed by atoms with Crippen molar-refractivity contribution in [1.29, 1.82) is 0 Å². The number of hydrogen-bond donors (Lipinski definition) is 3. The highest BCUT2D eigenvalue weighted by Crippen LogP contribution is 2.40. The van der Waals surface area contributed by atoms with Crippen molar-refractivity contribution in [2.24, 2.45) is 5.92 Å². The second-order valence-corrected chi connectivity index (χ2v) is 8.10. The van der Waals surface area contributed by atoms with Crippen LogP contribution in [0.2, 0.25) is 0 Å². The molecule has 2 aromatic rings. The van der Waals surface area contributed by atoms with Crippen molar-refractivity contribution in [3.05, 3.63) is 65.7 Å². The molecule has 0 radical (unpaired) electrons. The van der Waals surface area contributed by atoms with Crippen LogP contribution in [0.1, 0.15) is 36.3 Å². The monoisotopic (exact) mass is 364 g/mol. The van der Waals surface area contributed by atoms with E-state index in [0.717, 1.165) is 32.1 Å². The Kier molecular flexibility index (Phi) is 5.93. The Morgan fingerprint density at radius 3 is 2.33 bits per heavy atom. The fourth-order valence-corrected chi connectivity index (χ4v) is 4.21. The van der Waals surface area contributed by atoms with Gasteiger partial charge in [-0.1, -0.05) is 54.6 Å². The molecule has 1 saturated carbocycles. The topological polar surface area (TPSA) is 55.7 Å². The van der Waals surface area contributed by atoms with E-state index in [2.05, 4.69) is 40.5 Å². The molecule has 0 amide bonds. The summed E-state index contributed by atoms with van der Waals surface area (Å²) in [5, 5.41) is 22.1. The first kappa shape index (κ1) is 18.7. The van der Waals surface area contributed by atoms with Crippen molar-refractivity contribution < 1.29 is 10.0 Å². The third-order valence-electron chi connectivity index (χ3n) is 6.08. The van der Waals surface area contributed by atoms with Crippen molar-refractivity contribution >= 4 is 12.6 Å². The van der Waals surface area contributed by atoms with E-state index in [-0.39, 0.29) is 0 Å². The Labute approximate surface area is 162 Å². The number of nitrogens with zero attached hydrogens (tertiary/aromatic N) is 1. The fraction of sp³-hybridized carbons (Fsp3) is 0.455. The average molecular weight is 364 g/mol. The summed E-state index contributed by atoms with van der Waals surface area (Å²) >= 11 is 0. The molecule has 4 nitrogen and oxygen atoms in total. The van der Waals surface area contributed by atoms with Crippen LogP contribution in [-0.2, 0) is 6.54 Å². The molecule has 0 bridgehead atoms. The van der Waals surface area contributed by atoms with Crippen molar-refractivity contribution in [3.8, 4) is 0 Å². The molecule has 1 aliphatic carbocycles. The van der Waals surface area contributed by atoms with Crippen LogP contribution in [0.25, 0.3) is 0 Å². The number of piperidine rings is 1. The molecule has 1 heterocycles. The summed E-state index contributed by atoms with van der Waals surface area (Å²) in [5.41, 5.74) is 3.27. The molecule has 5 heteroatoms. The smallest absolute Gasteiger partial charge is 0.423 e. The third-order valence-corrected chi connectivity index (χ3v) is 6.08. The van der Waals surface area contributed by atoms with Gasteiger partial charge in [-0.3, -0.25) is 4.90 Å². The van der Waals surface area contributed by atoms with Gasteiger partial charge < -0.3 is 15.4 Å². The molecule has 0 spiro atoms. The SMILES string of the molecule is OB(O)c1ccc(CN2CCC(CN[C@@H]3C[C@H]3c3ccccc3)CC2)cc1. The summed E-state index contributed by atoms with van der Waals surface area (Å²) in [6.45, 7) is 4.37. The summed E-state index contributed by atoms with van der Waals surface area (Å²) in [7, 11) is -1.38. The summed E-state index contributed by atoms with van der Waals surface area (Å²) in [4.78, 5) is 2.50. The van der Waals surface area contributed by atoms with Crippen molar-refractivity contribution in [1.82, 2.24) is 10.2 Å². The van der Waals surface area contributed by atoms with Gasteiger partial charge in [0.15, 0.2) is 0 Å². The minimum atomic E-state index is -1.38. The third kappa shape index (κ3) is 4.99. The Hall–Kier alpha value is -1.66. The van der Waals surface area contributed by atoms with Gasteiger partial charge in [0.05, 0.1) is 0 Å². The van der Waals surface area contributed by atoms with Crippen molar-refractivity contribution in [2.45, 2.75) is 37.8 Å². The van der Waals surface area contributed by atoms with Crippen LogP contribution in [0.4, 0.5) is 0 Å². The van der Waals surface area contributed by atoms with Gasteiger partial charge in [-0.25, -0.2) is 0 Å². The largest absolute Gasteiger partial charge is 0.488 e. The summed E-state index contributed by atoms with van der Waals surface area (Å²) in [6, 6.07) is 19.1. The lowest BCUT2D eigenvalue weighted by atomic mass is 9.80. The van der Waals surface area contributed by atoms with Crippen molar-refractivity contribution in [2.75, 3.05) is 19.6 Å². The van der Waals surface area contributed by atoms with Crippen LogP contribution in [0.3, 0.4) is 0 Å². The molecule has 1 saturated heterocycles. The standard InChI is InChI=1S/C22H29BN2O2/c26-23(27)20-8-6-18(7-9-20)16-25-12-10-17(11-13-25)15-24-22-14-21(22)19-4-2-1-3-5-19/h1-9,17,21-22,24,26-27H,10-16H2/t21-,22+/m0/s1. The van der Waals surface area contributed by atoms with Gasteiger partial charge >= 0.3 is 7.12 Å². The molecule has 2 fully saturated rings. The molecule has 3 N–H and O–H groups in total. The molecule has 2 atom stereocenters. The molecular formula is C22H29BN2O2. The van der Waals surface area contributed by atoms with E-state index in [1.807, 2.05) is 12.1 Å². The lowest BCUT2D eigenvalue weighted by Gasteiger charge is -2.32. The first-order chi connectivity index (χ1) is 13.2. The maximum absolute atomic E-state index is 9.18. The molecule has 4 rings (SSSR count). The molecule has 0 unspecified atom stereocenters. The Bertz CT molecular complexity index is 715. The van der Waals surface area contributed by atoms with Crippen LogP contribution in [0.5, 0.6) is 0 Å². The Morgan fingerprint density at radius 1 is 0.963 bits per heavy atom. The first-order valence-corrected chi connectivity index (χ1v) is 10.1. The van der Waals surface area contributed by atoms with Crippen LogP contribution in [-0.4, -0.2) is 47.7 Å². The van der Waals surface area contributed by atoms with E-state index in [0.29, 0.717) is 17.4 Å². The predicted octanol–water partition coefficient (Wildman–Crippen LogP) is 1.72. The van der Waals surface area contributed by atoms with E-state index in [9.17, 15) is 10.0 Å². The fourth-order valence-electron chi connectivity index (χ4n) is 4.21. The molecular weight excluding hydrogens is 335 g/mol. The van der Waals surface area contributed by atoms with Crippen LogP contribution in [0, 0.1) is 5.92 Å². The highest BCUT2D eigenvalue weighted by Gasteiger charge is 2.38. The second-order valence-electron chi connectivity index (χ2n) is 8.10. The normalized spacial score (nSPS) is 23.3. The van der Waals surface area contributed by atoms with Gasteiger partial charge in [0.25, 0.3) is 0 Å². The maximum atomic E-state index is 9.18. The number of nitrogens with one attached hydrogen (secondary N) is 1. The van der Waals surface area contributed by atoms with Crippen molar-refractivity contribution in [3.63, 3.8) is 0 Å². The van der Waals surface area contributed by atoms with Gasteiger partial charge in [-0.05, 0) is 61.4 Å². The van der Waals surface area contributed by atoms with E-state index in [1.54, 1.807) is 12.1 Å². The van der Waals surface area contributed by atoms with Gasteiger partial charge in [-0.2, -0.15) is 0 Å². The van der Waals surface area contributed by atoms with E-state index >= 15 is 0 Å². The zero-order valence-corrected chi connectivity index (χ0v) is 15.8. The minimum Gasteiger partial charge on any atom is -0.423 e. The highest BCUT2D eigenvalue weighted by atomic mass is 16.4. The zero-order chi connectivity index (χ0) is 18.6. The van der Waals surface area contributed by atoms with E-state index in [4.69, 9.17) is 0 Å². The molecule has 142 valence electrons.